The summed E-state index contributed by atoms with van der Waals surface area (Å²) < 4.78 is 6.17. The first kappa shape index (κ1) is 20.6. The Morgan fingerprint density at radius 2 is 1.09 bits per heavy atom. The first-order valence-electron chi connectivity index (χ1n) is 11.9. The van der Waals surface area contributed by atoms with Crippen LogP contribution in [0.25, 0.3) is 0 Å². The van der Waals surface area contributed by atoms with Gasteiger partial charge < -0.3 is 9.55 Å². The fraction of sp³-hybridized carbons (Fsp3) is 0.0323. The summed E-state index contributed by atoms with van der Waals surface area (Å²) in [5, 5.41) is 0. The van der Waals surface area contributed by atoms with Gasteiger partial charge in [0, 0.05) is 32.4 Å². The molecule has 2 heterocycles. The van der Waals surface area contributed by atoms with E-state index >= 15 is 0 Å². The van der Waals surface area contributed by atoms with E-state index in [1.54, 1.807) is 0 Å². The Morgan fingerprint density at radius 1 is 0.543 bits per heavy atom. The summed E-state index contributed by atoms with van der Waals surface area (Å²) in [6.07, 6.45) is 0. The molecule has 0 radical (unpaired) electrons. The Kier molecular flexibility index (Phi) is 4.66. The van der Waals surface area contributed by atoms with Crippen LogP contribution in [0.5, 0.6) is 0 Å². The average Bonchev–Trinajstić information content (AvgIpc) is 2.94. The monoisotopic (exact) mass is 469 g/mol. The molecule has 0 aromatic heterocycles. The molecular weight excluding hydrogens is 445 g/mol. The van der Waals surface area contributed by atoms with Crippen molar-refractivity contribution in [3.8, 4) is 0 Å². The molecule has 0 amide bonds. The molecule has 0 spiro atoms. The second kappa shape index (κ2) is 7.91. The maximum Gasteiger partial charge on any atom is 0.365 e. The Bertz CT molecular complexity index is 1510. The molecule has 7 rings (SSSR count). The van der Waals surface area contributed by atoms with Crippen LogP contribution in [0.15, 0.2) is 147 Å². The molecule has 2 aliphatic rings. The third-order valence-corrected chi connectivity index (χ3v) is 11.1. The number of rotatable bonds is 3. The second-order valence-corrected chi connectivity index (χ2v) is 12.0. The smallest absolute Gasteiger partial charge is 0.365 e. The van der Waals surface area contributed by atoms with Crippen molar-refractivity contribution in [3.05, 3.63) is 127 Å². The van der Waals surface area contributed by atoms with E-state index in [0.29, 0.717) is 0 Å². The van der Waals surface area contributed by atoms with Gasteiger partial charge >= 0.3 is 6.92 Å². The van der Waals surface area contributed by atoms with Crippen LogP contribution in [-0.4, -0.2) is 14.0 Å². The maximum atomic E-state index is 6.17. The van der Waals surface area contributed by atoms with Crippen molar-refractivity contribution in [1.29, 1.82) is 0 Å². The molecule has 2 aliphatic heterocycles. The van der Waals surface area contributed by atoms with E-state index in [1.807, 2.05) is 7.11 Å². The SMILES string of the molecule is COB1c2ccccc2N2c3ccccc3S(c3ccccc3)(c3ccccc3)c3cccc1c32. The molecule has 0 atom stereocenters. The number of hydrogen-bond donors (Lipinski definition) is 0. The molecule has 0 unspecified atom stereocenters. The van der Waals surface area contributed by atoms with Crippen LogP contribution in [-0.2, 0) is 4.65 Å². The van der Waals surface area contributed by atoms with E-state index in [4.69, 9.17) is 4.65 Å². The highest BCUT2D eigenvalue weighted by molar-refractivity contribution is 8.34. The Balaban J connectivity index is 1.69. The molecule has 2 nitrogen and oxygen atoms in total. The van der Waals surface area contributed by atoms with Gasteiger partial charge in [0.1, 0.15) is 0 Å². The first-order chi connectivity index (χ1) is 17.4. The molecule has 0 bridgehead atoms. The minimum absolute atomic E-state index is 0.105. The van der Waals surface area contributed by atoms with E-state index in [0.717, 1.165) is 0 Å². The standard InChI is InChI=1S/C31H24BNOS/c1-34-32-25-17-8-9-19-27(25)33-28-20-10-11-21-29(28)35(23-13-4-2-5-14-23,24-15-6-3-7-16-24)30-22-12-18-26(32)31(30)33/h2-22H,1H3. The van der Waals surface area contributed by atoms with Gasteiger partial charge in [-0.05, 0) is 59.5 Å². The predicted octanol–water partition coefficient (Wildman–Crippen LogP) is 6.88. The third kappa shape index (κ3) is 2.72. The molecule has 5 aromatic rings. The van der Waals surface area contributed by atoms with Crippen molar-refractivity contribution in [3.63, 3.8) is 0 Å². The Hall–Kier alpha value is -3.73. The number of para-hydroxylation sites is 3. The molecule has 4 heteroatoms. The van der Waals surface area contributed by atoms with Gasteiger partial charge in [0.05, 0.1) is 11.4 Å². The van der Waals surface area contributed by atoms with Crippen molar-refractivity contribution in [2.75, 3.05) is 12.0 Å². The van der Waals surface area contributed by atoms with Crippen LogP contribution in [0.1, 0.15) is 0 Å². The summed E-state index contributed by atoms with van der Waals surface area (Å²) in [5.74, 6) is 0. The lowest BCUT2D eigenvalue weighted by atomic mass is 9.52. The van der Waals surface area contributed by atoms with Crippen molar-refractivity contribution in [2.45, 2.75) is 19.6 Å². The van der Waals surface area contributed by atoms with Gasteiger partial charge in [-0.15, -0.1) is 10.0 Å². The van der Waals surface area contributed by atoms with E-state index < -0.39 is 10.0 Å². The van der Waals surface area contributed by atoms with Gasteiger partial charge in [-0.1, -0.05) is 78.9 Å². The van der Waals surface area contributed by atoms with Crippen LogP contribution in [0.3, 0.4) is 0 Å². The van der Waals surface area contributed by atoms with Crippen molar-refractivity contribution < 1.29 is 4.65 Å². The molecular formula is C31H24BNOS. The minimum atomic E-state index is -1.74. The number of nitrogens with zero attached hydrogens (tertiary/aromatic N) is 1. The third-order valence-electron chi connectivity index (χ3n) is 7.19. The summed E-state index contributed by atoms with van der Waals surface area (Å²) in [6.45, 7) is -0.105. The van der Waals surface area contributed by atoms with Gasteiger partial charge in [-0.2, -0.15) is 0 Å². The average molecular weight is 469 g/mol. The molecule has 0 N–H and O–H groups in total. The lowest BCUT2D eigenvalue weighted by molar-refractivity contribution is 0.439. The number of benzene rings is 5. The van der Waals surface area contributed by atoms with Gasteiger partial charge in [-0.25, -0.2) is 0 Å². The molecule has 0 fully saturated rings. The van der Waals surface area contributed by atoms with Crippen LogP contribution < -0.4 is 15.8 Å². The lowest BCUT2D eigenvalue weighted by Gasteiger charge is -2.52. The normalized spacial score (nSPS) is 15.6. The maximum absolute atomic E-state index is 6.17. The first-order valence-corrected chi connectivity index (χ1v) is 13.6. The Morgan fingerprint density at radius 3 is 1.77 bits per heavy atom. The fourth-order valence-electron chi connectivity index (χ4n) is 5.85. The highest BCUT2D eigenvalue weighted by Gasteiger charge is 2.47. The van der Waals surface area contributed by atoms with Gasteiger partial charge in [0.2, 0.25) is 0 Å². The topological polar surface area (TPSA) is 12.5 Å². The van der Waals surface area contributed by atoms with Gasteiger partial charge in [-0.3, -0.25) is 0 Å². The number of fused-ring (bicyclic) bond motifs is 4. The zero-order chi connectivity index (χ0) is 23.4. The van der Waals surface area contributed by atoms with Crippen molar-refractivity contribution >= 4 is 44.9 Å². The molecule has 35 heavy (non-hydrogen) atoms. The highest BCUT2D eigenvalue weighted by Crippen LogP contribution is 2.79. The summed E-state index contributed by atoms with van der Waals surface area (Å²) >= 11 is 0. The fourth-order valence-corrected chi connectivity index (χ4v) is 10.0. The highest BCUT2D eigenvalue weighted by atomic mass is 32.3. The van der Waals surface area contributed by atoms with Crippen LogP contribution in [0.2, 0.25) is 0 Å². The van der Waals surface area contributed by atoms with E-state index in [-0.39, 0.29) is 6.92 Å². The number of anilines is 3. The molecule has 5 aromatic carbocycles. The van der Waals surface area contributed by atoms with Gasteiger partial charge in [0.25, 0.3) is 0 Å². The van der Waals surface area contributed by atoms with E-state index in [2.05, 4.69) is 132 Å². The van der Waals surface area contributed by atoms with Crippen molar-refractivity contribution in [1.82, 2.24) is 0 Å². The van der Waals surface area contributed by atoms with E-state index in [1.165, 1.54) is 47.6 Å². The molecule has 168 valence electrons. The zero-order valence-electron chi connectivity index (χ0n) is 19.5. The second-order valence-electron chi connectivity index (χ2n) is 8.91. The minimum Gasteiger partial charge on any atom is -0.430 e. The zero-order valence-corrected chi connectivity index (χ0v) is 20.3. The summed E-state index contributed by atoms with van der Waals surface area (Å²) in [4.78, 5) is 7.90. The largest absolute Gasteiger partial charge is 0.430 e. The Labute approximate surface area is 208 Å². The van der Waals surface area contributed by atoms with Crippen LogP contribution >= 0.6 is 10.0 Å². The molecule has 0 saturated carbocycles. The van der Waals surface area contributed by atoms with E-state index in [9.17, 15) is 0 Å². The van der Waals surface area contributed by atoms with Crippen LogP contribution in [0.4, 0.5) is 17.1 Å². The van der Waals surface area contributed by atoms with Gasteiger partial charge in [0.15, 0.2) is 0 Å². The predicted molar refractivity (Wildman–Crippen MR) is 147 cm³/mol. The van der Waals surface area contributed by atoms with Crippen molar-refractivity contribution in [2.24, 2.45) is 0 Å². The summed E-state index contributed by atoms with van der Waals surface area (Å²) in [5.41, 5.74) is 6.14. The lowest BCUT2D eigenvalue weighted by Crippen LogP contribution is -2.52. The van der Waals surface area contributed by atoms with Crippen LogP contribution in [0, 0.1) is 0 Å². The quantitative estimate of drug-likeness (QED) is 0.262. The number of hydrogen-bond acceptors (Lipinski definition) is 2. The molecule has 0 saturated heterocycles. The summed E-state index contributed by atoms with van der Waals surface area (Å²) in [6, 6.07) is 46.6. The summed E-state index contributed by atoms with van der Waals surface area (Å²) in [7, 11) is 0.0845. The molecule has 0 aliphatic carbocycles.